The van der Waals surface area contributed by atoms with Gasteiger partial charge in [-0.3, -0.25) is 4.79 Å². The molecule has 5 nitrogen and oxygen atoms in total. The van der Waals surface area contributed by atoms with Crippen LogP contribution in [0.1, 0.15) is 17.7 Å². The van der Waals surface area contributed by atoms with Gasteiger partial charge < -0.3 is 9.55 Å². The summed E-state index contributed by atoms with van der Waals surface area (Å²) in [6, 6.07) is 21.0. The summed E-state index contributed by atoms with van der Waals surface area (Å²) in [5, 5.41) is 7.75. The van der Waals surface area contributed by atoms with Crippen molar-refractivity contribution in [3.05, 3.63) is 79.1 Å². The van der Waals surface area contributed by atoms with Crippen LogP contribution in [0.3, 0.4) is 0 Å². The molecule has 160 valence electrons. The summed E-state index contributed by atoms with van der Waals surface area (Å²) in [5.74, 6) is -0.107. The Labute approximate surface area is 212 Å². The van der Waals surface area contributed by atoms with Gasteiger partial charge in [0.25, 0.3) is 0 Å². The monoisotopic (exact) mass is 646 g/mol. The minimum atomic E-state index is -0.107. The molecule has 2 N–H and O–H groups in total. The lowest BCUT2D eigenvalue weighted by Gasteiger charge is -2.07. The van der Waals surface area contributed by atoms with Crippen LogP contribution in [0.2, 0.25) is 0 Å². The van der Waals surface area contributed by atoms with Crippen LogP contribution in [0.5, 0.6) is 0 Å². The van der Waals surface area contributed by atoms with Gasteiger partial charge in [-0.2, -0.15) is 5.10 Å². The molecular formula is C25H20I2N4O. The number of nitrogens with zero attached hydrogens (tertiary/aromatic N) is 2. The standard InChI is InChI=1S/C25H20I2N4O/c1-15-21(18-4-2-3-5-22(18)29-15)14-28-30-25(32)10-11-31-23-8-6-16(26)12-19(23)20-13-17(27)7-9-24(20)31/h2-9,12-14,29H,10-11H2,1H3,(H,30,32)/b28-14-. The van der Waals surface area contributed by atoms with Gasteiger partial charge in [0.05, 0.1) is 6.21 Å². The highest BCUT2D eigenvalue weighted by atomic mass is 127. The molecule has 0 saturated carbocycles. The summed E-state index contributed by atoms with van der Waals surface area (Å²) in [6.07, 6.45) is 2.07. The van der Waals surface area contributed by atoms with Gasteiger partial charge in [0.15, 0.2) is 0 Å². The summed E-state index contributed by atoms with van der Waals surface area (Å²) < 4.78 is 4.63. The zero-order valence-electron chi connectivity index (χ0n) is 17.3. The molecule has 0 saturated heterocycles. The number of nitrogens with one attached hydrogen (secondary N) is 2. The first-order valence-corrected chi connectivity index (χ1v) is 12.4. The summed E-state index contributed by atoms with van der Waals surface area (Å²) in [4.78, 5) is 15.9. The molecule has 0 bridgehead atoms. The number of hydrogen-bond donors (Lipinski definition) is 2. The first kappa shape index (κ1) is 21.4. The fourth-order valence-corrected chi connectivity index (χ4v) is 5.17. The van der Waals surface area contributed by atoms with E-state index in [0.29, 0.717) is 13.0 Å². The Bertz CT molecular complexity index is 1450. The molecule has 2 heterocycles. The van der Waals surface area contributed by atoms with Gasteiger partial charge in [-0.05, 0) is 94.6 Å². The lowest BCUT2D eigenvalue weighted by Crippen LogP contribution is -2.19. The Hall–Kier alpha value is -2.40. The number of halogens is 2. The van der Waals surface area contributed by atoms with Crippen molar-refractivity contribution >= 4 is 90.0 Å². The Morgan fingerprint density at radius 2 is 1.66 bits per heavy atom. The van der Waals surface area contributed by atoms with Crippen LogP contribution < -0.4 is 5.43 Å². The first-order valence-electron chi connectivity index (χ1n) is 10.3. The smallest absolute Gasteiger partial charge is 0.241 e. The Morgan fingerprint density at radius 1 is 1.00 bits per heavy atom. The highest BCUT2D eigenvalue weighted by Crippen LogP contribution is 2.31. The van der Waals surface area contributed by atoms with Gasteiger partial charge in [0.2, 0.25) is 5.91 Å². The number of aryl methyl sites for hydroxylation is 2. The molecule has 5 aromatic rings. The lowest BCUT2D eigenvalue weighted by molar-refractivity contribution is -0.121. The zero-order valence-corrected chi connectivity index (χ0v) is 21.6. The molecule has 2 aromatic heterocycles. The van der Waals surface area contributed by atoms with Crippen LogP contribution in [-0.2, 0) is 11.3 Å². The fourth-order valence-electron chi connectivity index (χ4n) is 4.19. The van der Waals surface area contributed by atoms with Gasteiger partial charge in [-0.1, -0.05) is 18.2 Å². The maximum atomic E-state index is 12.5. The number of amides is 1. The third kappa shape index (κ3) is 4.03. The fraction of sp³-hybridized carbons (Fsp3) is 0.120. The second kappa shape index (κ2) is 8.86. The van der Waals surface area contributed by atoms with Crippen molar-refractivity contribution in [1.82, 2.24) is 15.0 Å². The lowest BCUT2D eigenvalue weighted by atomic mass is 10.1. The van der Waals surface area contributed by atoms with Crippen LogP contribution >= 0.6 is 45.2 Å². The SMILES string of the molecule is Cc1[nH]c2ccccc2c1/C=N\NC(=O)CCn1c2ccc(I)cc2c2cc(I)ccc21. The molecule has 0 aliphatic carbocycles. The van der Waals surface area contributed by atoms with Gasteiger partial charge >= 0.3 is 0 Å². The molecule has 0 unspecified atom stereocenters. The average molecular weight is 646 g/mol. The number of H-pyrrole nitrogens is 1. The van der Waals surface area contributed by atoms with Crippen molar-refractivity contribution in [1.29, 1.82) is 0 Å². The number of hydrazone groups is 1. The van der Waals surface area contributed by atoms with Crippen molar-refractivity contribution in [3.8, 4) is 0 Å². The molecule has 0 fully saturated rings. The van der Waals surface area contributed by atoms with Crippen LogP contribution in [0.15, 0.2) is 65.8 Å². The predicted molar refractivity (Wildman–Crippen MR) is 148 cm³/mol. The van der Waals surface area contributed by atoms with Crippen LogP contribution in [0.25, 0.3) is 32.7 Å². The van der Waals surface area contributed by atoms with Crippen molar-refractivity contribution in [2.75, 3.05) is 0 Å². The van der Waals surface area contributed by atoms with E-state index in [1.165, 1.54) is 17.9 Å². The second-order valence-corrected chi connectivity index (χ2v) is 10.2. The normalized spacial score (nSPS) is 11.8. The second-order valence-electron chi connectivity index (χ2n) is 7.73. The Kier molecular flexibility index (Phi) is 5.93. The molecular weight excluding hydrogens is 626 g/mol. The Balaban J connectivity index is 1.35. The molecule has 3 aromatic carbocycles. The van der Waals surface area contributed by atoms with Gasteiger partial charge in [-0.25, -0.2) is 5.43 Å². The van der Waals surface area contributed by atoms with Crippen molar-refractivity contribution in [2.45, 2.75) is 19.9 Å². The molecule has 0 aliphatic heterocycles. The molecule has 5 rings (SSSR count). The van der Waals surface area contributed by atoms with E-state index < -0.39 is 0 Å². The van der Waals surface area contributed by atoms with Crippen molar-refractivity contribution in [2.24, 2.45) is 5.10 Å². The van der Waals surface area contributed by atoms with Gasteiger partial charge in [0.1, 0.15) is 0 Å². The molecule has 7 heteroatoms. The number of carbonyl (C=O) groups is 1. The third-order valence-corrected chi connectivity index (χ3v) is 7.02. The van der Waals surface area contributed by atoms with Gasteiger partial charge in [0, 0.05) is 64.1 Å². The maximum Gasteiger partial charge on any atom is 0.241 e. The zero-order chi connectivity index (χ0) is 22.2. The number of rotatable bonds is 5. The molecule has 0 atom stereocenters. The minimum absolute atomic E-state index is 0.107. The van der Waals surface area contributed by atoms with Gasteiger partial charge in [-0.15, -0.1) is 0 Å². The number of carbonyl (C=O) groups excluding carboxylic acids is 1. The highest BCUT2D eigenvalue weighted by Gasteiger charge is 2.13. The molecule has 0 spiro atoms. The Morgan fingerprint density at radius 3 is 2.34 bits per heavy atom. The predicted octanol–water partition coefficient (Wildman–Crippen LogP) is 6.33. The quantitative estimate of drug-likeness (QED) is 0.131. The number of aromatic nitrogens is 2. The number of benzene rings is 3. The van der Waals surface area contributed by atoms with E-state index in [1.807, 2.05) is 31.2 Å². The van der Waals surface area contributed by atoms with E-state index >= 15 is 0 Å². The summed E-state index contributed by atoms with van der Waals surface area (Å²) in [6.45, 7) is 2.60. The highest BCUT2D eigenvalue weighted by molar-refractivity contribution is 14.1. The van der Waals surface area contributed by atoms with E-state index in [0.717, 1.165) is 33.2 Å². The third-order valence-electron chi connectivity index (χ3n) is 5.68. The number of aromatic amines is 1. The maximum absolute atomic E-state index is 12.5. The number of para-hydroxylation sites is 1. The molecule has 32 heavy (non-hydrogen) atoms. The van der Waals surface area contributed by atoms with E-state index in [4.69, 9.17) is 0 Å². The summed E-state index contributed by atoms with van der Waals surface area (Å²) in [5.41, 5.74) is 8.07. The van der Waals surface area contributed by atoms with Crippen molar-refractivity contribution < 1.29 is 4.79 Å². The topological polar surface area (TPSA) is 62.2 Å². The van der Waals surface area contributed by atoms with E-state index in [2.05, 4.69) is 102 Å². The summed E-state index contributed by atoms with van der Waals surface area (Å²) in [7, 11) is 0. The molecule has 0 aliphatic rings. The number of fused-ring (bicyclic) bond motifs is 4. The van der Waals surface area contributed by atoms with Crippen LogP contribution in [0.4, 0.5) is 0 Å². The van der Waals surface area contributed by atoms with E-state index in [-0.39, 0.29) is 5.91 Å². The number of hydrogen-bond acceptors (Lipinski definition) is 2. The van der Waals surface area contributed by atoms with Crippen LogP contribution in [-0.4, -0.2) is 21.7 Å². The largest absolute Gasteiger partial charge is 0.358 e. The van der Waals surface area contributed by atoms with E-state index in [9.17, 15) is 4.79 Å². The molecule has 1 amide bonds. The van der Waals surface area contributed by atoms with E-state index in [1.54, 1.807) is 6.21 Å². The van der Waals surface area contributed by atoms with Crippen molar-refractivity contribution in [3.63, 3.8) is 0 Å². The minimum Gasteiger partial charge on any atom is -0.358 e. The average Bonchev–Trinajstić information content (AvgIpc) is 3.26. The van der Waals surface area contributed by atoms with Crippen LogP contribution in [0, 0.1) is 14.1 Å². The summed E-state index contributed by atoms with van der Waals surface area (Å²) >= 11 is 4.69. The molecule has 0 radical (unpaired) electrons. The first-order chi connectivity index (χ1) is 15.5.